The van der Waals surface area contributed by atoms with Crippen molar-refractivity contribution in [1.82, 2.24) is 10.6 Å². The summed E-state index contributed by atoms with van der Waals surface area (Å²) in [6.45, 7) is 8.59. The van der Waals surface area contributed by atoms with Crippen LogP contribution < -0.4 is 16.4 Å². The van der Waals surface area contributed by atoms with E-state index in [4.69, 9.17) is 5.73 Å². The van der Waals surface area contributed by atoms with E-state index in [-0.39, 0.29) is 11.8 Å². The Labute approximate surface area is 104 Å². The first-order chi connectivity index (χ1) is 7.92. The summed E-state index contributed by atoms with van der Waals surface area (Å²) in [4.78, 5) is 22.7. The first-order valence-corrected chi connectivity index (χ1v) is 6.25. The third-order valence-corrected chi connectivity index (χ3v) is 2.97. The van der Waals surface area contributed by atoms with Gasteiger partial charge in [-0.15, -0.1) is 0 Å². The van der Waals surface area contributed by atoms with Crippen LogP contribution in [0, 0.1) is 11.8 Å². The van der Waals surface area contributed by atoms with Crippen molar-refractivity contribution in [2.45, 2.75) is 46.6 Å². The van der Waals surface area contributed by atoms with E-state index in [0.717, 1.165) is 12.8 Å². The quantitative estimate of drug-likeness (QED) is 0.628. The summed E-state index contributed by atoms with van der Waals surface area (Å²) in [6.07, 6.45) is 2.07. The molecule has 0 spiro atoms. The van der Waals surface area contributed by atoms with Crippen molar-refractivity contribution in [3.05, 3.63) is 0 Å². The number of nitrogens with one attached hydrogen (secondary N) is 2. The molecule has 17 heavy (non-hydrogen) atoms. The molecule has 0 radical (unpaired) electrons. The summed E-state index contributed by atoms with van der Waals surface area (Å²) in [5.41, 5.74) is 5.05. The van der Waals surface area contributed by atoms with Crippen LogP contribution >= 0.6 is 0 Å². The normalized spacial score (nSPS) is 12.6. The molecule has 0 fully saturated rings. The highest BCUT2D eigenvalue weighted by Gasteiger charge is 2.23. The Hall–Kier alpha value is -1.26. The molecule has 0 rings (SSSR count). The first kappa shape index (κ1) is 15.7. The fraction of sp³-hybridized carbons (Fsp3) is 0.833. The van der Waals surface area contributed by atoms with Crippen LogP contribution in [0.1, 0.15) is 40.5 Å². The van der Waals surface area contributed by atoms with E-state index in [0.29, 0.717) is 12.5 Å². The molecule has 0 bridgehead atoms. The van der Waals surface area contributed by atoms with Crippen molar-refractivity contribution in [2.75, 3.05) is 6.54 Å². The van der Waals surface area contributed by atoms with E-state index in [1.165, 1.54) is 0 Å². The molecule has 4 N–H and O–H groups in total. The number of carbonyl (C=O) groups is 2. The maximum atomic E-state index is 11.9. The minimum Gasteiger partial charge on any atom is -0.354 e. The van der Waals surface area contributed by atoms with Gasteiger partial charge in [0, 0.05) is 6.54 Å². The van der Waals surface area contributed by atoms with Gasteiger partial charge >= 0.3 is 6.03 Å². The Balaban J connectivity index is 4.28. The van der Waals surface area contributed by atoms with Gasteiger partial charge in [-0.1, -0.05) is 40.5 Å². The Bertz CT molecular complexity index is 250. The Morgan fingerprint density at radius 1 is 1.18 bits per heavy atom. The van der Waals surface area contributed by atoms with E-state index < -0.39 is 12.1 Å². The molecule has 0 saturated heterocycles. The molecular formula is C12H25N3O2. The second-order valence-corrected chi connectivity index (χ2v) is 4.66. The molecule has 0 aromatic rings. The van der Waals surface area contributed by atoms with Crippen LogP contribution in [0.2, 0.25) is 0 Å². The molecule has 0 aliphatic rings. The minimum absolute atomic E-state index is 0.0178. The molecule has 5 nitrogen and oxygen atoms in total. The molecule has 0 heterocycles. The Morgan fingerprint density at radius 3 is 2.06 bits per heavy atom. The van der Waals surface area contributed by atoms with Gasteiger partial charge in [-0.25, -0.2) is 4.79 Å². The highest BCUT2D eigenvalue weighted by atomic mass is 16.2. The lowest BCUT2D eigenvalue weighted by Gasteiger charge is -2.22. The van der Waals surface area contributed by atoms with Gasteiger partial charge < -0.3 is 16.4 Å². The van der Waals surface area contributed by atoms with Crippen LogP contribution in [-0.2, 0) is 4.79 Å². The van der Waals surface area contributed by atoms with Gasteiger partial charge in [-0.3, -0.25) is 4.79 Å². The lowest BCUT2D eigenvalue weighted by molar-refractivity contribution is -0.124. The summed E-state index contributed by atoms with van der Waals surface area (Å²) in [6, 6.07) is -1.22. The number of amides is 3. The van der Waals surface area contributed by atoms with Gasteiger partial charge in [0.1, 0.15) is 6.04 Å². The van der Waals surface area contributed by atoms with E-state index >= 15 is 0 Å². The average Bonchev–Trinajstić information content (AvgIpc) is 2.26. The van der Waals surface area contributed by atoms with Gasteiger partial charge in [0.15, 0.2) is 0 Å². The third kappa shape index (κ3) is 6.14. The molecule has 1 atom stereocenters. The van der Waals surface area contributed by atoms with E-state index in [2.05, 4.69) is 24.5 Å². The summed E-state index contributed by atoms with van der Waals surface area (Å²) >= 11 is 0. The summed E-state index contributed by atoms with van der Waals surface area (Å²) in [5, 5.41) is 5.33. The van der Waals surface area contributed by atoms with E-state index in [9.17, 15) is 9.59 Å². The van der Waals surface area contributed by atoms with Crippen LogP contribution in [0.4, 0.5) is 4.79 Å². The SMILES string of the molecule is CCC(CC)CNC(=O)C(NC(N)=O)C(C)C. The Morgan fingerprint density at radius 2 is 1.71 bits per heavy atom. The van der Waals surface area contributed by atoms with Gasteiger partial charge in [0.2, 0.25) is 5.91 Å². The van der Waals surface area contributed by atoms with Gasteiger partial charge in [0.05, 0.1) is 0 Å². The van der Waals surface area contributed by atoms with Gasteiger partial charge in [0.25, 0.3) is 0 Å². The van der Waals surface area contributed by atoms with Crippen molar-refractivity contribution in [1.29, 1.82) is 0 Å². The molecule has 1 unspecified atom stereocenters. The molecule has 0 aromatic carbocycles. The lowest BCUT2D eigenvalue weighted by atomic mass is 10.0. The highest BCUT2D eigenvalue weighted by Crippen LogP contribution is 2.06. The molecule has 100 valence electrons. The largest absolute Gasteiger partial charge is 0.354 e. The van der Waals surface area contributed by atoms with Crippen LogP contribution in [0.5, 0.6) is 0 Å². The molecule has 0 aliphatic carbocycles. The van der Waals surface area contributed by atoms with Crippen LogP contribution in [0.3, 0.4) is 0 Å². The summed E-state index contributed by atoms with van der Waals surface area (Å²) < 4.78 is 0. The van der Waals surface area contributed by atoms with Crippen molar-refractivity contribution < 1.29 is 9.59 Å². The fourth-order valence-corrected chi connectivity index (χ4v) is 1.62. The summed E-state index contributed by atoms with van der Waals surface area (Å²) in [5.74, 6) is 0.343. The first-order valence-electron chi connectivity index (χ1n) is 6.25. The van der Waals surface area contributed by atoms with Crippen LogP contribution in [0.25, 0.3) is 0 Å². The fourth-order valence-electron chi connectivity index (χ4n) is 1.62. The molecule has 5 heteroatoms. The second kappa shape index (κ2) is 7.92. The smallest absolute Gasteiger partial charge is 0.312 e. The number of primary amides is 1. The number of urea groups is 1. The zero-order valence-corrected chi connectivity index (χ0v) is 11.2. The molecule has 0 aromatic heterocycles. The minimum atomic E-state index is -0.665. The lowest BCUT2D eigenvalue weighted by Crippen LogP contribution is -2.51. The number of nitrogens with two attached hydrogens (primary N) is 1. The predicted octanol–water partition coefficient (Wildman–Crippen LogP) is 1.23. The monoisotopic (exact) mass is 243 g/mol. The standard InChI is InChI=1S/C12H25N3O2/c1-5-9(6-2)7-14-11(16)10(8(3)4)15-12(13)17/h8-10H,5-7H2,1-4H3,(H,14,16)(H3,13,15,17). The maximum absolute atomic E-state index is 11.9. The molecule has 0 aliphatic heterocycles. The molecule has 0 saturated carbocycles. The Kier molecular flexibility index (Phi) is 7.34. The molecule has 3 amide bonds. The van der Waals surface area contributed by atoms with Crippen molar-refractivity contribution >= 4 is 11.9 Å². The number of hydrogen-bond acceptors (Lipinski definition) is 2. The maximum Gasteiger partial charge on any atom is 0.312 e. The molecular weight excluding hydrogens is 218 g/mol. The van der Waals surface area contributed by atoms with Gasteiger partial charge in [-0.05, 0) is 11.8 Å². The van der Waals surface area contributed by atoms with E-state index in [1.54, 1.807) is 0 Å². The van der Waals surface area contributed by atoms with Crippen molar-refractivity contribution in [2.24, 2.45) is 17.6 Å². The third-order valence-electron chi connectivity index (χ3n) is 2.97. The van der Waals surface area contributed by atoms with Crippen LogP contribution in [-0.4, -0.2) is 24.5 Å². The average molecular weight is 243 g/mol. The van der Waals surface area contributed by atoms with Crippen molar-refractivity contribution in [3.8, 4) is 0 Å². The van der Waals surface area contributed by atoms with Crippen molar-refractivity contribution in [3.63, 3.8) is 0 Å². The second-order valence-electron chi connectivity index (χ2n) is 4.66. The highest BCUT2D eigenvalue weighted by molar-refractivity contribution is 5.86. The number of hydrogen-bond donors (Lipinski definition) is 3. The van der Waals surface area contributed by atoms with Gasteiger partial charge in [-0.2, -0.15) is 0 Å². The zero-order chi connectivity index (χ0) is 13.4. The number of carbonyl (C=O) groups excluding carboxylic acids is 2. The van der Waals surface area contributed by atoms with Crippen LogP contribution in [0.15, 0.2) is 0 Å². The van der Waals surface area contributed by atoms with E-state index in [1.807, 2.05) is 13.8 Å². The summed E-state index contributed by atoms with van der Waals surface area (Å²) in [7, 11) is 0. The number of rotatable bonds is 7. The zero-order valence-electron chi connectivity index (χ0n) is 11.2. The predicted molar refractivity (Wildman–Crippen MR) is 68.4 cm³/mol. The topological polar surface area (TPSA) is 84.2 Å².